The van der Waals surface area contributed by atoms with Crippen molar-refractivity contribution in [2.75, 3.05) is 26.2 Å². The number of hydrogen-bond donors (Lipinski definition) is 3. The molecule has 10 heteroatoms. The van der Waals surface area contributed by atoms with Crippen molar-refractivity contribution in [1.82, 2.24) is 10.2 Å². The number of esters is 1. The van der Waals surface area contributed by atoms with Gasteiger partial charge in [-0.1, -0.05) is 54.0 Å². The van der Waals surface area contributed by atoms with Gasteiger partial charge in [0, 0.05) is 43.4 Å². The number of alkyl carbamates (subject to hydrolysis) is 1. The molecule has 0 aromatic carbocycles. The van der Waals surface area contributed by atoms with E-state index >= 15 is 0 Å². The van der Waals surface area contributed by atoms with E-state index in [0.29, 0.717) is 43.8 Å². The lowest BCUT2D eigenvalue weighted by molar-refractivity contribution is -0.235. The molecule has 58 heavy (non-hydrogen) atoms. The second-order valence-corrected chi connectivity index (χ2v) is 23.2. The Morgan fingerprint density at radius 1 is 0.879 bits per heavy atom. The average Bonchev–Trinajstić information content (AvgIpc) is 3.84. The number of carboxylic acids is 1. The van der Waals surface area contributed by atoms with Gasteiger partial charge in [-0.3, -0.25) is 19.3 Å². The minimum Gasteiger partial charge on any atom is -0.481 e. The topological polar surface area (TPSA) is 142 Å². The molecule has 0 saturated heterocycles. The summed E-state index contributed by atoms with van der Waals surface area (Å²) in [6.45, 7) is 27.6. The number of hydrogen-bond acceptors (Lipinski definition) is 8. The van der Waals surface area contributed by atoms with Crippen molar-refractivity contribution in [1.29, 1.82) is 0 Å². The smallest absolute Gasteiger partial charge is 0.407 e. The predicted molar refractivity (Wildman–Crippen MR) is 225 cm³/mol. The summed E-state index contributed by atoms with van der Waals surface area (Å²) >= 11 is 0. The maximum Gasteiger partial charge on any atom is 0.407 e. The first-order valence-corrected chi connectivity index (χ1v) is 22.8. The van der Waals surface area contributed by atoms with Gasteiger partial charge < -0.3 is 25.0 Å². The van der Waals surface area contributed by atoms with Gasteiger partial charge in [0.1, 0.15) is 11.7 Å². The molecule has 5 fully saturated rings. The Bertz CT molecular complexity index is 1660. The molecule has 6 aliphatic carbocycles. The van der Waals surface area contributed by atoms with E-state index in [-0.39, 0.29) is 51.8 Å². The fraction of sp³-hybridized carbons (Fsp3) is 0.875. The zero-order chi connectivity index (χ0) is 43.0. The van der Waals surface area contributed by atoms with Crippen LogP contribution in [0.5, 0.6) is 0 Å². The number of nitrogens with zero attached hydrogens (tertiary/aromatic N) is 1. The number of rotatable bonds is 13. The number of aliphatic carboxylic acids is 1. The SMILES string of the molecule is CC(C)C1=C2[C@H]3CC[C@@H]4[C@@]5(C)CC[C@H](OC(=O)CC(C)(C)C(=O)O)C(C)(C)[C@@H]5CC[C@@]4(C)[C@]3(C)CC[C@@]2([C@@H](O)CN(CCNC(=O)OC(C)(C)C)CC2CC2)CC1=O. The number of ketones is 1. The van der Waals surface area contributed by atoms with Gasteiger partial charge in [0.2, 0.25) is 0 Å². The van der Waals surface area contributed by atoms with Crippen LogP contribution in [0.2, 0.25) is 0 Å². The minimum atomic E-state index is -1.18. The van der Waals surface area contributed by atoms with E-state index in [9.17, 15) is 29.4 Å². The van der Waals surface area contributed by atoms with Crippen LogP contribution in [0, 0.1) is 62.1 Å². The highest BCUT2D eigenvalue weighted by Crippen LogP contribution is 2.77. The summed E-state index contributed by atoms with van der Waals surface area (Å²) in [5, 5.41) is 25.2. The molecule has 0 aromatic heterocycles. The van der Waals surface area contributed by atoms with Crippen molar-refractivity contribution >= 4 is 23.8 Å². The van der Waals surface area contributed by atoms with Crippen LogP contribution in [0.4, 0.5) is 4.79 Å². The molecule has 0 radical (unpaired) electrons. The summed E-state index contributed by atoms with van der Waals surface area (Å²) in [5.74, 6) is 0.516. The van der Waals surface area contributed by atoms with Crippen molar-refractivity contribution in [3.8, 4) is 0 Å². The van der Waals surface area contributed by atoms with Gasteiger partial charge in [0.15, 0.2) is 5.78 Å². The van der Waals surface area contributed by atoms with Gasteiger partial charge in [0.25, 0.3) is 0 Å². The Hall–Kier alpha value is -2.46. The minimum absolute atomic E-state index is 0.0233. The van der Waals surface area contributed by atoms with Gasteiger partial charge in [-0.2, -0.15) is 0 Å². The second-order valence-electron chi connectivity index (χ2n) is 23.2. The molecular weight excluding hydrogens is 733 g/mol. The third-order valence-corrected chi connectivity index (χ3v) is 17.2. The number of nitrogens with one attached hydrogen (secondary N) is 1. The summed E-state index contributed by atoms with van der Waals surface area (Å²) in [4.78, 5) is 54.0. The third kappa shape index (κ3) is 7.93. The summed E-state index contributed by atoms with van der Waals surface area (Å²) < 4.78 is 11.7. The Morgan fingerprint density at radius 2 is 1.55 bits per heavy atom. The van der Waals surface area contributed by atoms with Crippen molar-refractivity contribution in [3.63, 3.8) is 0 Å². The quantitative estimate of drug-likeness (QED) is 0.155. The fourth-order valence-corrected chi connectivity index (χ4v) is 13.9. The lowest BCUT2D eigenvalue weighted by atomic mass is 9.33. The molecule has 9 atom stereocenters. The highest BCUT2D eigenvalue weighted by molar-refractivity contribution is 6.00. The van der Waals surface area contributed by atoms with Crippen molar-refractivity contribution < 1.29 is 38.9 Å². The number of carbonyl (C=O) groups is 4. The lowest BCUT2D eigenvalue weighted by Gasteiger charge is -2.72. The van der Waals surface area contributed by atoms with Gasteiger partial charge >= 0.3 is 18.0 Å². The standard InChI is InChI=1S/C48H78N2O8/c1-29(2)38-32(51)25-48(35(52)28-50(27-30-13-14-30)24-23-49-41(56)58-42(3,4)5)22-21-46(11)31(39(38)48)15-16-34-45(10)19-18-36(57-37(53)26-43(6,7)40(54)55)44(8,9)33(45)17-20-47(34,46)12/h29-31,33-36,52H,13-28H2,1-12H3,(H,49,56)(H,54,55)/t31-,33+,34-,35+,36+,45+,46-,47-,48+/m1/s1. The molecule has 5 saturated carbocycles. The average molecular weight is 811 g/mol. The van der Waals surface area contributed by atoms with E-state index < -0.39 is 40.6 Å². The van der Waals surface area contributed by atoms with E-state index in [0.717, 1.165) is 63.5 Å². The normalized spacial score (nSPS) is 36.4. The molecule has 0 aliphatic heterocycles. The molecule has 1 amide bonds. The van der Waals surface area contributed by atoms with Gasteiger partial charge in [0.05, 0.1) is 17.9 Å². The van der Waals surface area contributed by atoms with E-state index in [1.54, 1.807) is 13.8 Å². The molecule has 328 valence electrons. The molecule has 6 aliphatic rings. The summed E-state index contributed by atoms with van der Waals surface area (Å²) in [6.07, 6.45) is 8.89. The number of amides is 1. The van der Waals surface area contributed by atoms with E-state index in [1.165, 1.54) is 18.4 Å². The number of carbonyl (C=O) groups excluding carboxylic acids is 3. The molecule has 6 rings (SSSR count). The first-order chi connectivity index (χ1) is 26.7. The third-order valence-electron chi connectivity index (χ3n) is 17.2. The monoisotopic (exact) mass is 811 g/mol. The molecule has 10 nitrogen and oxygen atoms in total. The molecule has 0 unspecified atom stereocenters. The van der Waals surface area contributed by atoms with Crippen LogP contribution in [-0.2, 0) is 23.9 Å². The molecule has 0 aromatic rings. The number of allylic oxidation sites excluding steroid dienone is 1. The Labute approximate surface area is 349 Å². The lowest BCUT2D eigenvalue weighted by Crippen LogP contribution is -2.66. The van der Waals surface area contributed by atoms with Crippen molar-refractivity contribution in [3.05, 3.63) is 11.1 Å². The van der Waals surface area contributed by atoms with Gasteiger partial charge in [-0.25, -0.2) is 4.79 Å². The van der Waals surface area contributed by atoms with Crippen LogP contribution >= 0.6 is 0 Å². The van der Waals surface area contributed by atoms with E-state index in [2.05, 4.69) is 58.7 Å². The maximum absolute atomic E-state index is 14.3. The van der Waals surface area contributed by atoms with Gasteiger partial charge in [-0.15, -0.1) is 0 Å². The Balaban J connectivity index is 1.24. The zero-order valence-electron chi connectivity index (χ0n) is 38.1. The summed E-state index contributed by atoms with van der Waals surface area (Å²) in [5.41, 5.74) is -0.317. The molecular formula is C48H78N2O8. The number of aliphatic hydroxyl groups is 1. The zero-order valence-corrected chi connectivity index (χ0v) is 38.1. The predicted octanol–water partition coefficient (Wildman–Crippen LogP) is 8.98. The number of fused-ring (bicyclic) bond motifs is 7. The highest BCUT2D eigenvalue weighted by atomic mass is 16.6. The largest absolute Gasteiger partial charge is 0.481 e. The number of carboxylic acid groups (broad SMARTS) is 1. The molecule has 0 bridgehead atoms. The second kappa shape index (κ2) is 15.5. The summed E-state index contributed by atoms with van der Waals surface area (Å²) in [6, 6.07) is 0. The summed E-state index contributed by atoms with van der Waals surface area (Å²) in [7, 11) is 0. The maximum atomic E-state index is 14.3. The van der Waals surface area contributed by atoms with Crippen LogP contribution in [0.1, 0.15) is 160 Å². The molecule has 0 spiro atoms. The van der Waals surface area contributed by atoms with Crippen LogP contribution in [0.25, 0.3) is 0 Å². The number of Topliss-reactive ketones (excluding diaryl/α,β-unsaturated/α-hetero) is 1. The van der Waals surface area contributed by atoms with E-state index in [1.807, 2.05) is 20.8 Å². The van der Waals surface area contributed by atoms with Crippen LogP contribution in [0.15, 0.2) is 11.1 Å². The fourth-order valence-electron chi connectivity index (χ4n) is 13.9. The van der Waals surface area contributed by atoms with Crippen LogP contribution in [-0.4, -0.2) is 82.9 Å². The molecule has 3 N–H and O–H groups in total. The van der Waals surface area contributed by atoms with Crippen LogP contribution in [0.3, 0.4) is 0 Å². The number of ether oxygens (including phenoxy) is 2. The Kier molecular flexibility index (Phi) is 12.0. The van der Waals surface area contributed by atoms with Gasteiger partial charge in [-0.05, 0) is 150 Å². The first kappa shape index (κ1) is 45.1. The Morgan fingerprint density at radius 3 is 2.16 bits per heavy atom. The van der Waals surface area contributed by atoms with E-state index in [4.69, 9.17) is 9.47 Å². The highest BCUT2D eigenvalue weighted by Gasteiger charge is 2.71. The molecule has 0 heterocycles. The first-order valence-electron chi connectivity index (χ1n) is 22.8. The number of aliphatic hydroxyl groups excluding tert-OH is 1. The van der Waals surface area contributed by atoms with Crippen molar-refractivity contribution in [2.45, 2.75) is 178 Å². The van der Waals surface area contributed by atoms with Crippen molar-refractivity contribution in [2.24, 2.45) is 62.1 Å². The van der Waals surface area contributed by atoms with Crippen LogP contribution < -0.4 is 5.32 Å².